The smallest absolute Gasteiger partial charge is 0.280 e. The first-order chi connectivity index (χ1) is 13.4. The first-order valence-electron chi connectivity index (χ1n) is 8.72. The molecule has 0 saturated heterocycles. The molecule has 2 aromatic rings. The number of aromatic nitrogens is 1. The van der Waals surface area contributed by atoms with Gasteiger partial charge in [-0.2, -0.15) is 0 Å². The molecule has 154 valence electrons. The number of alkyl halides is 3. The average molecular weight is 411 g/mol. The van der Waals surface area contributed by atoms with Crippen LogP contribution < -0.4 is 5.73 Å². The lowest BCUT2D eigenvalue weighted by atomic mass is 9.77. The average Bonchev–Trinajstić information content (AvgIpc) is 2.61. The maximum Gasteiger partial charge on any atom is 0.280 e. The Morgan fingerprint density at radius 1 is 1.14 bits per heavy atom. The summed E-state index contributed by atoms with van der Waals surface area (Å²) >= 11 is 0. The van der Waals surface area contributed by atoms with E-state index in [4.69, 9.17) is 5.73 Å². The lowest BCUT2D eigenvalue weighted by molar-refractivity contribution is -0.106. The fourth-order valence-electron chi connectivity index (χ4n) is 3.25. The van der Waals surface area contributed by atoms with Gasteiger partial charge < -0.3 is 5.73 Å². The third kappa shape index (κ3) is 3.73. The topological polar surface area (TPSA) is 68.3 Å². The fraction of sp³-hybridized carbons (Fsp3) is 0.350. The van der Waals surface area contributed by atoms with Gasteiger partial charge in [-0.25, -0.2) is 22.0 Å². The van der Waals surface area contributed by atoms with Crippen LogP contribution in [0, 0.1) is 11.6 Å². The number of carbonyl (C=O) groups excluding carboxylic acids is 1. The highest BCUT2D eigenvalue weighted by molar-refractivity contribution is 5.95. The normalized spacial score (nSPS) is 26.1. The lowest BCUT2D eigenvalue weighted by Crippen LogP contribution is -2.56. The summed E-state index contributed by atoms with van der Waals surface area (Å²) in [5, 5.41) is 0. The van der Waals surface area contributed by atoms with Crippen molar-refractivity contribution in [2.45, 2.75) is 43.8 Å². The van der Waals surface area contributed by atoms with Crippen molar-refractivity contribution in [3.05, 3.63) is 65.0 Å². The van der Waals surface area contributed by atoms with Crippen LogP contribution in [0.3, 0.4) is 0 Å². The summed E-state index contributed by atoms with van der Waals surface area (Å²) in [5.41, 5.74) is 0.251. The second-order valence-corrected chi connectivity index (χ2v) is 7.42. The number of ketones is 1. The van der Waals surface area contributed by atoms with E-state index in [0.29, 0.717) is 0 Å². The standard InChI is InChI=1S/C20H18F5N3O/c1-18(23)10-20(24,25)19(2,28-17(18)26)13-7-11(3-5-14(13)22)8-16(29)15-6-4-12(21)9-27-15/h3-7,9H,8,10H2,1-2H3,(H2,26,28)/t18-,19-/m1/s1. The van der Waals surface area contributed by atoms with E-state index in [9.17, 15) is 26.7 Å². The number of benzene rings is 1. The molecule has 0 aliphatic carbocycles. The van der Waals surface area contributed by atoms with Gasteiger partial charge in [0.25, 0.3) is 5.92 Å². The molecule has 1 aromatic carbocycles. The number of Topliss-reactive ketones (excluding diaryl/α,β-unsaturated/α-hetero) is 1. The molecule has 0 amide bonds. The van der Waals surface area contributed by atoms with Gasteiger partial charge in [0.2, 0.25) is 0 Å². The number of hydrogen-bond acceptors (Lipinski definition) is 4. The van der Waals surface area contributed by atoms with E-state index in [-0.39, 0.29) is 17.7 Å². The SMILES string of the molecule is C[C@@]1(F)CC(F)(F)[C@@](C)(c2cc(CC(=O)c3ccc(F)cn3)ccc2F)N=C1N. The van der Waals surface area contributed by atoms with Crippen LogP contribution in [-0.2, 0) is 12.0 Å². The van der Waals surface area contributed by atoms with Gasteiger partial charge in [0.15, 0.2) is 17.0 Å². The molecule has 2 heterocycles. The highest BCUT2D eigenvalue weighted by Crippen LogP contribution is 2.50. The Morgan fingerprint density at radius 2 is 1.83 bits per heavy atom. The van der Waals surface area contributed by atoms with Crippen LogP contribution in [-0.4, -0.2) is 28.2 Å². The minimum atomic E-state index is -3.73. The minimum Gasteiger partial charge on any atom is -0.385 e. The van der Waals surface area contributed by atoms with Crippen molar-refractivity contribution in [2.75, 3.05) is 0 Å². The summed E-state index contributed by atoms with van der Waals surface area (Å²) in [7, 11) is 0. The maximum atomic E-state index is 14.8. The quantitative estimate of drug-likeness (QED) is 0.608. The molecule has 0 unspecified atom stereocenters. The van der Waals surface area contributed by atoms with E-state index < -0.39 is 52.4 Å². The predicted molar refractivity (Wildman–Crippen MR) is 96.7 cm³/mol. The number of rotatable bonds is 4. The van der Waals surface area contributed by atoms with E-state index in [2.05, 4.69) is 9.98 Å². The number of halogens is 5. The van der Waals surface area contributed by atoms with Crippen molar-refractivity contribution in [2.24, 2.45) is 10.7 Å². The number of pyridine rings is 1. The summed E-state index contributed by atoms with van der Waals surface area (Å²) in [6.07, 6.45) is -0.667. The number of aliphatic imine (C=N–C) groups is 1. The summed E-state index contributed by atoms with van der Waals surface area (Å²) in [6, 6.07) is 5.53. The first kappa shape index (κ1) is 20.9. The van der Waals surface area contributed by atoms with E-state index in [1.54, 1.807) is 0 Å². The van der Waals surface area contributed by atoms with Gasteiger partial charge in [0.1, 0.15) is 23.2 Å². The van der Waals surface area contributed by atoms with Gasteiger partial charge in [-0.3, -0.25) is 14.8 Å². The molecule has 1 aromatic heterocycles. The van der Waals surface area contributed by atoms with Crippen molar-refractivity contribution in [3.63, 3.8) is 0 Å². The second kappa shape index (κ2) is 6.89. The Bertz CT molecular complexity index is 988. The Balaban J connectivity index is 2.00. The first-order valence-corrected chi connectivity index (χ1v) is 8.72. The Labute approximate surface area is 163 Å². The van der Waals surface area contributed by atoms with Crippen LogP contribution >= 0.6 is 0 Å². The summed E-state index contributed by atoms with van der Waals surface area (Å²) in [6.45, 7) is 1.86. The van der Waals surface area contributed by atoms with E-state index >= 15 is 0 Å². The lowest BCUT2D eigenvalue weighted by Gasteiger charge is -2.42. The molecule has 0 spiro atoms. The molecule has 0 radical (unpaired) electrons. The zero-order chi connectivity index (χ0) is 21.6. The number of nitrogens with two attached hydrogens (primary N) is 1. The number of nitrogens with zero attached hydrogens (tertiary/aromatic N) is 2. The number of amidine groups is 1. The van der Waals surface area contributed by atoms with Crippen LogP contribution in [0.2, 0.25) is 0 Å². The molecule has 2 atom stereocenters. The molecule has 0 bridgehead atoms. The molecule has 2 N–H and O–H groups in total. The van der Waals surface area contributed by atoms with Crippen molar-refractivity contribution in [3.8, 4) is 0 Å². The molecular weight excluding hydrogens is 393 g/mol. The van der Waals surface area contributed by atoms with Crippen molar-refractivity contribution >= 4 is 11.6 Å². The Hall–Kier alpha value is -2.84. The highest BCUT2D eigenvalue weighted by atomic mass is 19.3. The van der Waals surface area contributed by atoms with Crippen LogP contribution in [0.4, 0.5) is 22.0 Å². The van der Waals surface area contributed by atoms with Crippen molar-refractivity contribution in [1.82, 2.24) is 4.98 Å². The number of hydrogen-bond donors (Lipinski definition) is 1. The predicted octanol–water partition coefficient (Wildman–Crippen LogP) is 4.12. The van der Waals surface area contributed by atoms with Crippen LogP contribution in [0.1, 0.15) is 41.9 Å². The summed E-state index contributed by atoms with van der Waals surface area (Å²) in [5.74, 6) is -6.50. The van der Waals surface area contributed by atoms with Gasteiger partial charge >= 0.3 is 0 Å². The van der Waals surface area contributed by atoms with Crippen LogP contribution in [0.5, 0.6) is 0 Å². The van der Waals surface area contributed by atoms with Gasteiger partial charge in [-0.05, 0) is 43.7 Å². The highest BCUT2D eigenvalue weighted by Gasteiger charge is 2.60. The molecule has 9 heteroatoms. The molecule has 4 nitrogen and oxygen atoms in total. The largest absolute Gasteiger partial charge is 0.385 e. The minimum absolute atomic E-state index is 0.0260. The van der Waals surface area contributed by atoms with Crippen molar-refractivity contribution in [1.29, 1.82) is 0 Å². The van der Waals surface area contributed by atoms with Crippen molar-refractivity contribution < 1.29 is 26.7 Å². The van der Waals surface area contributed by atoms with E-state index in [1.807, 2.05) is 0 Å². The van der Waals surface area contributed by atoms with Gasteiger partial charge in [-0.1, -0.05) is 6.07 Å². The van der Waals surface area contributed by atoms with E-state index in [1.165, 1.54) is 12.1 Å². The molecule has 1 aliphatic heterocycles. The monoisotopic (exact) mass is 411 g/mol. The Morgan fingerprint density at radius 3 is 2.45 bits per heavy atom. The molecular formula is C20H18F5N3O. The third-order valence-electron chi connectivity index (χ3n) is 5.08. The summed E-state index contributed by atoms with van der Waals surface area (Å²) < 4.78 is 71.3. The molecule has 0 saturated carbocycles. The van der Waals surface area contributed by atoms with Gasteiger partial charge in [0, 0.05) is 12.0 Å². The molecule has 0 fully saturated rings. The fourth-order valence-corrected chi connectivity index (χ4v) is 3.25. The maximum absolute atomic E-state index is 14.8. The molecule has 3 rings (SSSR count). The molecule has 1 aliphatic rings. The van der Waals surface area contributed by atoms with E-state index in [0.717, 1.165) is 38.2 Å². The zero-order valence-corrected chi connectivity index (χ0v) is 15.6. The van der Waals surface area contributed by atoms with Gasteiger partial charge in [-0.15, -0.1) is 0 Å². The Kier molecular flexibility index (Phi) is 4.96. The van der Waals surface area contributed by atoms with Crippen LogP contribution in [0.25, 0.3) is 0 Å². The number of carbonyl (C=O) groups is 1. The van der Waals surface area contributed by atoms with Crippen LogP contribution in [0.15, 0.2) is 41.5 Å². The second-order valence-electron chi connectivity index (χ2n) is 7.42. The summed E-state index contributed by atoms with van der Waals surface area (Å²) in [4.78, 5) is 19.6. The van der Waals surface area contributed by atoms with Gasteiger partial charge in [0.05, 0.1) is 12.6 Å². The molecule has 29 heavy (non-hydrogen) atoms. The third-order valence-corrected chi connectivity index (χ3v) is 5.08. The zero-order valence-electron chi connectivity index (χ0n) is 15.6.